The van der Waals surface area contributed by atoms with Gasteiger partial charge in [-0.1, -0.05) is 6.07 Å². The fraction of sp³-hybridized carbons (Fsp3) is 0.312. The van der Waals surface area contributed by atoms with E-state index in [0.29, 0.717) is 18.8 Å². The predicted octanol–water partition coefficient (Wildman–Crippen LogP) is 3.31. The van der Waals surface area contributed by atoms with Crippen LogP contribution in [-0.2, 0) is 0 Å². The third kappa shape index (κ3) is 2.97. The van der Waals surface area contributed by atoms with Crippen LogP contribution in [0.1, 0.15) is 16.1 Å². The molecule has 0 aliphatic carbocycles. The third-order valence-corrected chi connectivity index (χ3v) is 4.38. The Morgan fingerprint density at radius 1 is 1.19 bits per heavy atom. The molecule has 2 aromatic rings. The molecule has 1 fully saturated rings. The molecule has 0 atom stereocenters. The van der Waals surface area contributed by atoms with Gasteiger partial charge in [-0.05, 0) is 52.7 Å². The molecule has 0 spiro atoms. The molecule has 0 N–H and O–H groups in total. The first-order chi connectivity index (χ1) is 10.1. The molecule has 1 aromatic carbocycles. The number of hydrogen-bond donors (Lipinski definition) is 0. The lowest BCUT2D eigenvalue weighted by atomic mass is 10.2. The lowest BCUT2D eigenvalue weighted by Gasteiger charge is -2.36. The number of nitrogens with zero attached hydrogens (tertiary/aromatic N) is 2. The summed E-state index contributed by atoms with van der Waals surface area (Å²) in [6.45, 7) is 5.15. The molecule has 0 unspecified atom stereocenters. The zero-order chi connectivity index (χ0) is 14.8. The number of halogens is 1. The number of hydrogen-bond acceptors (Lipinski definition) is 3. The van der Waals surface area contributed by atoms with Crippen LogP contribution in [0.5, 0.6) is 0 Å². The van der Waals surface area contributed by atoms with Crippen molar-refractivity contribution < 1.29 is 9.21 Å². The minimum Gasteiger partial charge on any atom is -0.459 e. The number of benzene rings is 1. The molecule has 2 heterocycles. The van der Waals surface area contributed by atoms with Gasteiger partial charge in [0.25, 0.3) is 5.91 Å². The Morgan fingerprint density at radius 2 is 1.95 bits per heavy atom. The molecule has 4 nitrogen and oxygen atoms in total. The van der Waals surface area contributed by atoms with Crippen molar-refractivity contribution in [2.75, 3.05) is 31.1 Å². The highest BCUT2D eigenvalue weighted by Crippen LogP contribution is 2.28. The Balaban J connectivity index is 1.66. The van der Waals surface area contributed by atoms with Gasteiger partial charge in [0.2, 0.25) is 0 Å². The van der Waals surface area contributed by atoms with Crippen molar-refractivity contribution in [2.45, 2.75) is 6.92 Å². The second kappa shape index (κ2) is 5.93. The summed E-state index contributed by atoms with van der Waals surface area (Å²) in [5.74, 6) is 0.391. The molecule has 0 radical (unpaired) electrons. The summed E-state index contributed by atoms with van der Waals surface area (Å²) in [7, 11) is 0. The molecule has 3 rings (SSSR count). The molecule has 1 aliphatic heterocycles. The number of anilines is 1. The Kier molecular flexibility index (Phi) is 4.01. The van der Waals surface area contributed by atoms with E-state index in [0.717, 1.165) is 17.6 Å². The van der Waals surface area contributed by atoms with Crippen LogP contribution in [0.25, 0.3) is 0 Å². The quantitative estimate of drug-likeness (QED) is 0.835. The van der Waals surface area contributed by atoms with Crippen molar-refractivity contribution in [3.8, 4) is 0 Å². The fourth-order valence-corrected chi connectivity index (χ4v) is 3.32. The van der Waals surface area contributed by atoms with Crippen LogP contribution in [-0.4, -0.2) is 37.0 Å². The zero-order valence-electron chi connectivity index (χ0n) is 11.9. The van der Waals surface area contributed by atoms with Crippen LogP contribution in [0.4, 0.5) is 5.69 Å². The Hall–Kier alpha value is -1.75. The van der Waals surface area contributed by atoms with Gasteiger partial charge in [0.1, 0.15) is 0 Å². The van der Waals surface area contributed by atoms with Gasteiger partial charge in [0.05, 0.1) is 12.0 Å². The first-order valence-corrected chi connectivity index (χ1v) is 7.78. The van der Waals surface area contributed by atoms with Gasteiger partial charge in [-0.3, -0.25) is 4.79 Å². The average Bonchev–Trinajstić information content (AvgIpc) is 3.01. The highest BCUT2D eigenvalue weighted by molar-refractivity contribution is 9.10. The van der Waals surface area contributed by atoms with Gasteiger partial charge in [0.15, 0.2) is 5.76 Å². The van der Waals surface area contributed by atoms with E-state index in [-0.39, 0.29) is 5.91 Å². The first kappa shape index (κ1) is 14.2. The van der Waals surface area contributed by atoms with Crippen molar-refractivity contribution in [1.29, 1.82) is 0 Å². The minimum atomic E-state index is -0.0254. The number of piperazine rings is 1. The van der Waals surface area contributed by atoms with E-state index in [1.165, 1.54) is 17.5 Å². The van der Waals surface area contributed by atoms with Crippen LogP contribution in [0.2, 0.25) is 0 Å². The van der Waals surface area contributed by atoms with Crippen molar-refractivity contribution in [3.63, 3.8) is 0 Å². The van der Waals surface area contributed by atoms with Gasteiger partial charge in [-0.25, -0.2) is 0 Å². The number of amides is 1. The first-order valence-electron chi connectivity index (χ1n) is 6.99. The van der Waals surface area contributed by atoms with E-state index in [4.69, 9.17) is 4.42 Å². The van der Waals surface area contributed by atoms with E-state index < -0.39 is 0 Å². The number of aryl methyl sites for hydroxylation is 1. The van der Waals surface area contributed by atoms with Gasteiger partial charge in [-0.15, -0.1) is 0 Å². The summed E-state index contributed by atoms with van der Waals surface area (Å²) in [5, 5.41) is 0. The molecule has 21 heavy (non-hydrogen) atoms. The monoisotopic (exact) mass is 348 g/mol. The van der Waals surface area contributed by atoms with Crippen molar-refractivity contribution in [2.24, 2.45) is 0 Å². The van der Waals surface area contributed by atoms with Crippen LogP contribution in [0.3, 0.4) is 0 Å². The lowest BCUT2D eigenvalue weighted by molar-refractivity contribution is 0.0714. The normalized spacial score (nSPS) is 15.3. The summed E-state index contributed by atoms with van der Waals surface area (Å²) in [4.78, 5) is 16.4. The smallest absolute Gasteiger partial charge is 0.289 e. The molecule has 1 amide bonds. The van der Waals surface area contributed by atoms with Gasteiger partial charge >= 0.3 is 0 Å². The maximum absolute atomic E-state index is 12.2. The Bertz CT molecular complexity index is 632. The fourth-order valence-electron chi connectivity index (χ4n) is 2.57. The third-order valence-electron chi connectivity index (χ3n) is 3.74. The standard InChI is InChI=1S/C16H17BrN2O2/c1-12-4-5-14(13(17)11-12)18-6-8-19(9-7-18)16(20)15-3-2-10-21-15/h2-5,10-11H,6-9H2,1H3. The highest BCUT2D eigenvalue weighted by atomic mass is 79.9. The lowest BCUT2D eigenvalue weighted by Crippen LogP contribution is -2.48. The molecular formula is C16H17BrN2O2. The zero-order valence-corrected chi connectivity index (χ0v) is 13.5. The Morgan fingerprint density at radius 3 is 2.57 bits per heavy atom. The number of carbonyl (C=O) groups excluding carboxylic acids is 1. The maximum Gasteiger partial charge on any atom is 0.289 e. The maximum atomic E-state index is 12.2. The van der Waals surface area contributed by atoms with Crippen LogP contribution >= 0.6 is 15.9 Å². The molecule has 0 saturated carbocycles. The minimum absolute atomic E-state index is 0.0254. The van der Waals surface area contributed by atoms with Gasteiger partial charge < -0.3 is 14.2 Å². The van der Waals surface area contributed by atoms with Gasteiger partial charge in [-0.2, -0.15) is 0 Å². The van der Waals surface area contributed by atoms with E-state index >= 15 is 0 Å². The van der Waals surface area contributed by atoms with E-state index in [9.17, 15) is 4.79 Å². The molecule has 1 saturated heterocycles. The molecular weight excluding hydrogens is 332 g/mol. The van der Waals surface area contributed by atoms with Crippen LogP contribution in [0.15, 0.2) is 45.5 Å². The second-order valence-corrected chi connectivity index (χ2v) is 6.07. The summed E-state index contributed by atoms with van der Waals surface area (Å²) in [6, 6.07) is 9.82. The van der Waals surface area contributed by atoms with Crippen LogP contribution < -0.4 is 4.90 Å². The number of rotatable bonds is 2. The van der Waals surface area contributed by atoms with Crippen molar-refractivity contribution in [3.05, 3.63) is 52.4 Å². The summed E-state index contributed by atoms with van der Waals surface area (Å²) < 4.78 is 6.28. The van der Waals surface area contributed by atoms with E-state index in [1.54, 1.807) is 12.1 Å². The van der Waals surface area contributed by atoms with Gasteiger partial charge in [0, 0.05) is 30.7 Å². The van der Waals surface area contributed by atoms with Crippen molar-refractivity contribution >= 4 is 27.5 Å². The largest absolute Gasteiger partial charge is 0.459 e. The second-order valence-electron chi connectivity index (χ2n) is 5.21. The number of carbonyl (C=O) groups is 1. The Labute approximate surface area is 132 Å². The van der Waals surface area contributed by atoms with Crippen molar-refractivity contribution in [1.82, 2.24) is 4.90 Å². The molecule has 110 valence electrons. The van der Waals surface area contributed by atoms with E-state index in [2.05, 4.69) is 46.0 Å². The highest BCUT2D eigenvalue weighted by Gasteiger charge is 2.24. The molecule has 0 bridgehead atoms. The topological polar surface area (TPSA) is 36.7 Å². The summed E-state index contributed by atoms with van der Waals surface area (Å²) in [5.41, 5.74) is 2.42. The molecule has 1 aliphatic rings. The SMILES string of the molecule is Cc1ccc(N2CCN(C(=O)c3ccco3)CC2)c(Br)c1. The molecule has 5 heteroatoms. The number of furan rings is 1. The predicted molar refractivity (Wildman–Crippen MR) is 85.7 cm³/mol. The van der Waals surface area contributed by atoms with E-state index in [1.807, 2.05) is 4.90 Å². The molecule has 1 aromatic heterocycles. The summed E-state index contributed by atoms with van der Waals surface area (Å²) in [6.07, 6.45) is 1.53. The summed E-state index contributed by atoms with van der Waals surface area (Å²) >= 11 is 3.62. The average molecular weight is 349 g/mol. The van der Waals surface area contributed by atoms with Crippen LogP contribution in [0, 0.1) is 6.92 Å².